The van der Waals surface area contributed by atoms with Crippen molar-refractivity contribution in [2.24, 2.45) is 0 Å². The van der Waals surface area contributed by atoms with Gasteiger partial charge in [-0.1, -0.05) is 6.07 Å². The number of rotatable bonds is 6. The van der Waals surface area contributed by atoms with E-state index in [1.54, 1.807) is 33.1 Å². The van der Waals surface area contributed by atoms with Gasteiger partial charge in [0, 0.05) is 23.0 Å². The number of nitrogen functional groups attached to an aromatic ring is 1. The Labute approximate surface area is 203 Å². The smallest absolute Gasteiger partial charge is 0.228 e. The first-order valence-corrected chi connectivity index (χ1v) is 11.5. The predicted octanol–water partition coefficient (Wildman–Crippen LogP) is 3.30. The van der Waals surface area contributed by atoms with Crippen molar-refractivity contribution in [1.29, 1.82) is 0 Å². The summed E-state index contributed by atoms with van der Waals surface area (Å²) in [7, 11) is 1.59. The standard InChI is InChI=1S/C26H28N6O3/c1-26(2,34)21-10-8-16(13-28-21)31-22(33)11-15-7-9-17(12-20(15)35-3)32-19-6-4-5-18(19)23-24(32)25(27)30-14-29-23/h7-10,12-14,34H,4-6,11H2,1-3H3,(H,31,33)(H2,27,29,30). The molecule has 3 aromatic heterocycles. The van der Waals surface area contributed by atoms with E-state index in [-0.39, 0.29) is 12.3 Å². The summed E-state index contributed by atoms with van der Waals surface area (Å²) in [5, 5.41) is 12.9. The Kier molecular flexibility index (Phi) is 5.64. The molecule has 1 aliphatic rings. The Morgan fingerprint density at radius 2 is 2.03 bits per heavy atom. The third-order valence-corrected chi connectivity index (χ3v) is 6.37. The fourth-order valence-electron chi connectivity index (χ4n) is 4.71. The molecule has 0 spiro atoms. The molecule has 1 amide bonds. The average molecular weight is 473 g/mol. The van der Waals surface area contributed by atoms with E-state index in [1.807, 2.05) is 18.2 Å². The number of ether oxygens (including phenoxy) is 1. The van der Waals surface area contributed by atoms with Gasteiger partial charge in [0.05, 0.1) is 36.6 Å². The third kappa shape index (κ3) is 4.19. The molecule has 0 bridgehead atoms. The molecule has 0 atom stereocenters. The van der Waals surface area contributed by atoms with Gasteiger partial charge in [-0.15, -0.1) is 0 Å². The van der Waals surface area contributed by atoms with Crippen LogP contribution in [0.1, 0.15) is 42.8 Å². The third-order valence-electron chi connectivity index (χ3n) is 6.37. The van der Waals surface area contributed by atoms with Gasteiger partial charge in [-0.25, -0.2) is 9.97 Å². The Bertz CT molecular complexity index is 1420. The van der Waals surface area contributed by atoms with E-state index in [2.05, 4.69) is 24.8 Å². The number of benzene rings is 1. The lowest BCUT2D eigenvalue weighted by Gasteiger charge is -2.17. The van der Waals surface area contributed by atoms with Crippen LogP contribution in [0.4, 0.5) is 11.5 Å². The SMILES string of the molecule is COc1cc(-n2c3c(c4ncnc(N)c42)CCC3)ccc1CC(=O)Nc1ccc(C(C)(C)O)nc1. The van der Waals surface area contributed by atoms with Crippen molar-refractivity contribution in [2.75, 3.05) is 18.2 Å². The predicted molar refractivity (Wildman–Crippen MR) is 134 cm³/mol. The van der Waals surface area contributed by atoms with E-state index in [4.69, 9.17) is 10.5 Å². The lowest BCUT2D eigenvalue weighted by molar-refractivity contribution is -0.115. The molecule has 180 valence electrons. The van der Waals surface area contributed by atoms with Crippen LogP contribution in [0.3, 0.4) is 0 Å². The molecule has 0 fully saturated rings. The fourth-order valence-corrected chi connectivity index (χ4v) is 4.71. The number of carbonyl (C=O) groups excluding carboxylic acids is 1. The zero-order valence-corrected chi connectivity index (χ0v) is 20.0. The Morgan fingerprint density at radius 3 is 2.74 bits per heavy atom. The minimum atomic E-state index is -1.04. The van der Waals surface area contributed by atoms with E-state index in [0.717, 1.165) is 41.5 Å². The number of pyridine rings is 1. The molecule has 0 radical (unpaired) electrons. The van der Waals surface area contributed by atoms with Crippen molar-refractivity contribution in [2.45, 2.75) is 45.1 Å². The van der Waals surface area contributed by atoms with Gasteiger partial charge < -0.3 is 25.5 Å². The molecule has 0 unspecified atom stereocenters. The lowest BCUT2D eigenvalue weighted by atomic mass is 10.0. The topological polar surface area (TPSA) is 128 Å². The molecule has 0 saturated heterocycles. The van der Waals surface area contributed by atoms with Crippen LogP contribution in [-0.4, -0.2) is 37.6 Å². The molecular weight excluding hydrogens is 444 g/mol. The number of carbonyl (C=O) groups is 1. The van der Waals surface area contributed by atoms with Crippen molar-refractivity contribution in [3.8, 4) is 11.4 Å². The number of aliphatic hydroxyl groups is 1. The molecule has 35 heavy (non-hydrogen) atoms. The highest BCUT2D eigenvalue weighted by molar-refractivity contribution is 5.93. The molecule has 1 aliphatic carbocycles. The largest absolute Gasteiger partial charge is 0.496 e. The lowest BCUT2D eigenvalue weighted by Crippen LogP contribution is -2.18. The van der Waals surface area contributed by atoms with Gasteiger partial charge >= 0.3 is 0 Å². The number of nitrogens with two attached hydrogens (primary N) is 1. The van der Waals surface area contributed by atoms with Crippen LogP contribution >= 0.6 is 0 Å². The number of anilines is 2. The van der Waals surface area contributed by atoms with E-state index >= 15 is 0 Å². The maximum atomic E-state index is 12.7. The van der Waals surface area contributed by atoms with E-state index < -0.39 is 5.60 Å². The summed E-state index contributed by atoms with van der Waals surface area (Å²) in [5.74, 6) is 0.854. The molecule has 1 aromatic carbocycles. The number of fused-ring (bicyclic) bond motifs is 3. The van der Waals surface area contributed by atoms with Crippen molar-refractivity contribution in [3.05, 3.63) is 65.4 Å². The van der Waals surface area contributed by atoms with Crippen molar-refractivity contribution >= 4 is 28.4 Å². The highest BCUT2D eigenvalue weighted by atomic mass is 16.5. The van der Waals surface area contributed by atoms with Crippen LogP contribution in [0.5, 0.6) is 5.75 Å². The van der Waals surface area contributed by atoms with Gasteiger partial charge in [-0.2, -0.15) is 0 Å². The highest BCUT2D eigenvalue weighted by Gasteiger charge is 2.25. The van der Waals surface area contributed by atoms with Crippen molar-refractivity contribution in [3.63, 3.8) is 0 Å². The van der Waals surface area contributed by atoms with E-state index in [0.29, 0.717) is 22.9 Å². The number of amides is 1. The number of nitrogens with one attached hydrogen (secondary N) is 1. The maximum absolute atomic E-state index is 12.7. The first kappa shape index (κ1) is 22.8. The van der Waals surface area contributed by atoms with Gasteiger partial charge in [0.2, 0.25) is 5.91 Å². The molecule has 9 heteroatoms. The summed E-state index contributed by atoms with van der Waals surface area (Å²) in [4.78, 5) is 25.7. The Hall–Kier alpha value is -3.98. The van der Waals surface area contributed by atoms with Crippen LogP contribution in [0, 0.1) is 0 Å². The summed E-state index contributed by atoms with van der Waals surface area (Å²) in [6.07, 6.45) is 6.17. The molecular formula is C26H28N6O3. The van der Waals surface area contributed by atoms with Gasteiger partial charge in [0.25, 0.3) is 0 Å². The van der Waals surface area contributed by atoms with Gasteiger partial charge in [0.1, 0.15) is 23.2 Å². The minimum Gasteiger partial charge on any atom is -0.496 e. The highest BCUT2D eigenvalue weighted by Crippen LogP contribution is 2.37. The molecule has 0 saturated carbocycles. The monoisotopic (exact) mass is 472 g/mol. The number of aromatic nitrogens is 4. The summed E-state index contributed by atoms with van der Waals surface area (Å²) < 4.78 is 7.77. The number of nitrogens with zero attached hydrogens (tertiary/aromatic N) is 4. The fraction of sp³-hybridized carbons (Fsp3) is 0.308. The van der Waals surface area contributed by atoms with Crippen molar-refractivity contribution in [1.82, 2.24) is 19.5 Å². The first-order chi connectivity index (χ1) is 16.8. The number of methoxy groups -OCH3 is 1. The van der Waals surface area contributed by atoms with Gasteiger partial charge in [-0.05, 0) is 56.9 Å². The molecule has 4 aromatic rings. The minimum absolute atomic E-state index is 0.131. The number of aryl methyl sites for hydroxylation is 1. The van der Waals surface area contributed by atoms with Crippen LogP contribution in [0.15, 0.2) is 42.9 Å². The number of hydrogen-bond acceptors (Lipinski definition) is 7. The number of hydrogen-bond donors (Lipinski definition) is 3. The summed E-state index contributed by atoms with van der Waals surface area (Å²) in [6.45, 7) is 3.32. The zero-order chi connectivity index (χ0) is 24.7. The Balaban J connectivity index is 1.42. The van der Waals surface area contributed by atoms with Crippen molar-refractivity contribution < 1.29 is 14.6 Å². The van der Waals surface area contributed by atoms with E-state index in [9.17, 15) is 9.90 Å². The van der Waals surface area contributed by atoms with Crippen LogP contribution in [-0.2, 0) is 29.7 Å². The first-order valence-electron chi connectivity index (χ1n) is 11.5. The summed E-state index contributed by atoms with van der Waals surface area (Å²) in [5.41, 5.74) is 12.1. The normalized spacial score (nSPS) is 13.1. The zero-order valence-electron chi connectivity index (χ0n) is 20.0. The van der Waals surface area contributed by atoms with Crippen LogP contribution < -0.4 is 15.8 Å². The summed E-state index contributed by atoms with van der Waals surface area (Å²) in [6, 6.07) is 9.21. The maximum Gasteiger partial charge on any atom is 0.228 e. The second-order valence-corrected chi connectivity index (χ2v) is 9.28. The second kappa shape index (κ2) is 8.66. The molecule has 0 aliphatic heterocycles. The quantitative estimate of drug-likeness (QED) is 0.393. The molecule has 5 rings (SSSR count). The van der Waals surface area contributed by atoms with E-state index in [1.165, 1.54) is 23.8 Å². The molecule has 3 heterocycles. The van der Waals surface area contributed by atoms with Crippen LogP contribution in [0.25, 0.3) is 16.7 Å². The van der Waals surface area contributed by atoms with Crippen LogP contribution in [0.2, 0.25) is 0 Å². The average Bonchev–Trinajstić information content (AvgIpc) is 3.41. The second-order valence-electron chi connectivity index (χ2n) is 9.28. The van der Waals surface area contributed by atoms with Gasteiger partial charge in [-0.3, -0.25) is 9.78 Å². The summed E-state index contributed by atoms with van der Waals surface area (Å²) >= 11 is 0. The Morgan fingerprint density at radius 1 is 1.20 bits per heavy atom. The van der Waals surface area contributed by atoms with Gasteiger partial charge in [0.15, 0.2) is 5.82 Å². The molecule has 9 nitrogen and oxygen atoms in total. The molecule has 4 N–H and O–H groups in total.